The van der Waals surface area contributed by atoms with Crippen LogP contribution in [-0.2, 0) is 29.2 Å². The number of hydrogen-bond acceptors (Lipinski definition) is 7. The lowest BCUT2D eigenvalue weighted by molar-refractivity contribution is -0.136. The normalized spacial score (nSPS) is 15.6. The lowest BCUT2D eigenvalue weighted by Crippen LogP contribution is -2.54. The van der Waals surface area contributed by atoms with Crippen LogP contribution in [0, 0.1) is 0 Å². The Morgan fingerprint density at radius 2 is 1.54 bits per heavy atom. The van der Waals surface area contributed by atoms with E-state index < -0.39 is 35.6 Å². The van der Waals surface area contributed by atoms with Gasteiger partial charge in [-0.15, -0.1) is 0 Å². The Morgan fingerprint density at radius 1 is 0.808 bits per heavy atom. The number of anilines is 1. The number of carbonyl (C=O) groups excluding carboxylic acids is 5. The third-order valence-electron chi connectivity index (χ3n) is 9.79. The molecule has 52 heavy (non-hydrogen) atoms. The molecule has 0 bridgehead atoms. The van der Waals surface area contributed by atoms with Crippen molar-refractivity contribution in [3.8, 4) is 0 Å². The predicted molar refractivity (Wildman–Crippen MR) is 195 cm³/mol. The Kier molecular flexibility index (Phi) is 8.52. The molecule has 2 aromatic heterocycles. The Morgan fingerprint density at radius 3 is 2.35 bits per heavy atom. The first-order valence-corrected chi connectivity index (χ1v) is 17.2. The molecule has 4 aromatic carbocycles. The monoisotopic (exact) mass is 690 g/mol. The second-order valence-corrected chi connectivity index (χ2v) is 13.0. The first-order chi connectivity index (χ1) is 25.4. The Balaban J connectivity index is 0.929. The van der Waals surface area contributed by atoms with Gasteiger partial charge in [0.05, 0.1) is 16.6 Å². The number of nitrogens with one attached hydrogen (secondary N) is 2. The summed E-state index contributed by atoms with van der Waals surface area (Å²) in [5.41, 5.74) is 5.66. The van der Waals surface area contributed by atoms with Crippen molar-refractivity contribution in [1.82, 2.24) is 25.1 Å². The number of aromatic nitrogens is 2. The summed E-state index contributed by atoms with van der Waals surface area (Å²) in [7, 11) is 0. The van der Waals surface area contributed by atoms with Crippen molar-refractivity contribution in [2.75, 3.05) is 11.4 Å². The third kappa shape index (κ3) is 6.06. The molecule has 6 aromatic rings. The number of rotatable bonds is 10. The number of fused-ring (bicyclic) bond motifs is 4. The number of benzene rings is 4. The summed E-state index contributed by atoms with van der Waals surface area (Å²) in [6.07, 6.45) is 1.93. The molecular weight excluding hydrogens is 656 g/mol. The van der Waals surface area contributed by atoms with Gasteiger partial charge < -0.3 is 14.8 Å². The number of carbonyl (C=O) groups is 5. The highest BCUT2D eigenvalue weighted by Gasteiger charge is 2.44. The van der Waals surface area contributed by atoms with Crippen molar-refractivity contribution in [3.05, 3.63) is 143 Å². The average Bonchev–Trinajstić information content (AvgIpc) is 3.63. The number of para-hydroxylation sites is 2. The molecule has 2 N–H and O–H groups in total. The van der Waals surface area contributed by atoms with Gasteiger partial charge in [-0.1, -0.05) is 60.7 Å². The Hall–Kier alpha value is -6.62. The van der Waals surface area contributed by atoms with Gasteiger partial charge in [-0.05, 0) is 66.1 Å². The largest absolute Gasteiger partial charge is 0.365 e. The summed E-state index contributed by atoms with van der Waals surface area (Å²) in [5, 5.41) is 7.42. The first-order valence-electron chi connectivity index (χ1n) is 17.2. The summed E-state index contributed by atoms with van der Waals surface area (Å²) in [6.45, 7) is 2.44. The number of nitrogens with zero attached hydrogens (tertiary/aromatic N) is 4. The molecule has 1 atom stereocenters. The summed E-state index contributed by atoms with van der Waals surface area (Å²) in [5.74, 6) is -2.79. The van der Waals surface area contributed by atoms with E-state index in [0.717, 1.165) is 51.4 Å². The summed E-state index contributed by atoms with van der Waals surface area (Å²) >= 11 is 0. The number of hydrogen-bond donors (Lipinski definition) is 2. The maximum atomic E-state index is 13.2. The molecule has 2 aliphatic heterocycles. The minimum Gasteiger partial charge on any atom is -0.365 e. The van der Waals surface area contributed by atoms with Gasteiger partial charge in [0.15, 0.2) is 0 Å². The average molecular weight is 691 g/mol. The summed E-state index contributed by atoms with van der Waals surface area (Å²) in [6, 6.07) is 34.1. The molecule has 1 saturated heterocycles. The number of pyridine rings is 1. The minimum absolute atomic E-state index is 0.0330. The van der Waals surface area contributed by atoms with Crippen LogP contribution in [-0.4, -0.2) is 56.6 Å². The van der Waals surface area contributed by atoms with Gasteiger partial charge in [0.1, 0.15) is 11.7 Å². The highest BCUT2D eigenvalue weighted by atomic mass is 16.2. The van der Waals surface area contributed by atoms with E-state index in [1.54, 1.807) is 0 Å². The molecule has 0 spiro atoms. The summed E-state index contributed by atoms with van der Waals surface area (Å²) in [4.78, 5) is 71.3. The van der Waals surface area contributed by atoms with E-state index in [1.165, 1.54) is 23.6 Å². The van der Waals surface area contributed by atoms with Gasteiger partial charge in [0, 0.05) is 60.8 Å². The molecule has 2 aliphatic rings. The second-order valence-electron chi connectivity index (χ2n) is 13.0. The number of amides is 5. The van der Waals surface area contributed by atoms with Gasteiger partial charge >= 0.3 is 0 Å². The molecule has 0 radical (unpaired) electrons. The van der Waals surface area contributed by atoms with Crippen molar-refractivity contribution in [3.63, 3.8) is 0 Å². The zero-order valence-electron chi connectivity index (χ0n) is 28.1. The SMILES string of the molecule is O=C1CCC(N2C(=O)c3ccc(C(=O)NCc4ccc(CN(CCn5c6ccccc6c6cccnc65)c5ccccc5)cc4)cc3C2=O)C(=O)N1. The van der Waals surface area contributed by atoms with Crippen molar-refractivity contribution in [2.45, 2.75) is 38.5 Å². The van der Waals surface area contributed by atoms with Crippen LogP contribution in [0.2, 0.25) is 0 Å². The van der Waals surface area contributed by atoms with E-state index in [-0.39, 0.29) is 36.1 Å². The van der Waals surface area contributed by atoms with Crippen molar-refractivity contribution < 1.29 is 24.0 Å². The first kappa shape index (κ1) is 32.6. The standard InChI is InChI=1S/C41H34N6O5/c48-36-19-18-35(39(50)44-36)47-40(51)32-17-16-28(23-33(32)41(47)52)38(49)43-24-26-12-14-27(15-13-26)25-45(29-7-2-1-3-8-29)21-22-46-34-11-5-4-9-30(34)31-10-6-20-42-37(31)46/h1-17,20,23,35H,18-19,21-22,24-25H2,(H,43,49)(H,44,48,50). The van der Waals surface area contributed by atoms with Crippen LogP contribution < -0.4 is 15.5 Å². The van der Waals surface area contributed by atoms with Crippen LogP contribution in [0.1, 0.15) is 55.0 Å². The second kappa shape index (κ2) is 13.6. The third-order valence-corrected chi connectivity index (χ3v) is 9.79. The van der Waals surface area contributed by atoms with Crippen LogP contribution in [0.4, 0.5) is 5.69 Å². The van der Waals surface area contributed by atoms with E-state index in [4.69, 9.17) is 4.98 Å². The van der Waals surface area contributed by atoms with Crippen molar-refractivity contribution >= 4 is 57.2 Å². The summed E-state index contributed by atoms with van der Waals surface area (Å²) < 4.78 is 2.29. The fraction of sp³-hybridized carbons (Fsp3) is 0.171. The Bertz CT molecular complexity index is 2330. The lowest BCUT2D eigenvalue weighted by atomic mass is 10.0. The molecule has 8 rings (SSSR count). The lowest BCUT2D eigenvalue weighted by Gasteiger charge is -2.27. The quantitative estimate of drug-likeness (QED) is 0.188. The maximum absolute atomic E-state index is 13.2. The maximum Gasteiger partial charge on any atom is 0.262 e. The zero-order chi connectivity index (χ0) is 35.8. The molecule has 258 valence electrons. The molecule has 11 heteroatoms. The smallest absolute Gasteiger partial charge is 0.262 e. The Labute approximate surface area is 298 Å². The van der Waals surface area contributed by atoms with E-state index in [1.807, 2.05) is 42.6 Å². The van der Waals surface area contributed by atoms with Gasteiger partial charge in [-0.2, -0.15) is 0 Å². The van der Waals surface area contributed by atoms with E-state index in [9.17, 15) is 24.0 Å². The molecule has 1 fully saturated rings. The van der Waals surface area contributed by atoms with E-state index in [2.05, 4.69) is 74.7 Å². The molecular formula is C41H34N6O5. The highest BCUT2D eigenvalue weighted by molar-refractivity contribution is 6.24. The molecule has 0 aliphatic carbocycles. The van der Waals surface area contributed by atoms with E-state index >= 15 is 0 Å². The minimum atomic E-state index is -1.07. The van der Waals surface area contributed by atoms with Gasteiger partial charge in [-0.3, -0.25) is 34.2 Å². The fourth-order valence-corrected chi connectivity index (χ4v) is 7.14. The van der Waals surface area contributed by atoms with E-state index in [0.29, 0.717) is 6.54 Å². The van der Waals surface area contributed by atoms with Crippen LogP contribution >= 0.6 is 0 Å². The van der Waals surface area contributed by atoms with Gasteiger partial charge in [0.25, 0.3) is 17.7 Å². The van der Waals surface area contributed by atoms with Crippen LogP contribution in [0.3, 0.4) is 0 Å². The zero-order valence-corrected chi connectivity index (χ0v) is 28.1. The van der Waals surface area contributed by atoms with Crippen LogP contribution in [0.15, 0.2) is 115 Å². The highest BCUT2D eigenvalue weighted by Crippen LogP contribution is 2.30. The van der Waals surface area contributed by atoms with Crippen LogP contribution in [0.5, 0.6) is 0 Å². The van der Waals surface area contributed by atoms with Gasteiger partial charge in [-0.25, -0.2) is 4.98 Å². The van der Waals surface area contributed by atoms with Crippen LogP contribution in [0.25, 0.3) is 21.9 Å². The number of piperidine rings is 1. The molecule has 11 nitrogen and oxygen atoms in total. The molecule has 1 unspecified atom stereocenters. The van der Waals surface area contributed by atoms with Crippen molar-refractivity contribution in [1.29, 1.82) is 0 Å². The fourth-order valence-electron chi connectivity index (χ4n) is 7.14. The topological polar surface area (TPSA) is 134 Å². The molecule has 4 heterocycles. The van der Waals surface area contributed by atoms with Crippen molar-refractivity contribution in [2.24, 2.45) is 0 Å². The number of imide groups is 2. The van der Waals surface area contributed by atoms with Gasteiger partial charge in [0.2, 0.25) is 11.8 Å². The predicted octanol–water partition coefficient (Wildman–Crippen LogP) is 5.23. The molecule has 0 saturated carbocycles. The molecule has 5 amide bonds.